The number of nitrogens with zero attached hydrogens (tertiary/aromatic N) is 2. The van der Waals surface area contributed by atoms with E-state index in [1.54, 1.807) is 17.8 Å². The average molecular weight is 419 g/mol. The van der Waals surface area contributed by atoms with Crippen LogP contribution in [0.5, 0.6) is 5.75 Å². The number of phenols is 1. The van der Waals surface area contributed by atoms with Gasteiger partial charge in [-0.25, -0.2) is 9.47 Å². The molecule has 0 saturated carbocycles. The van der Waals surface area contributed by atoms with E-state index < -0.39 is 0 Å². The van der Waals surface area contributed by atoms with Gasteiger partial charge < -0.3 is 9.84 Å². The molecule has 0 aliphatic carbocycles. The molecule has 5 heteroatoms. The Labute approximate surface area is 184 Å². The SMILES string of the molecule is CCCCc1cc(C)cc(/C=N/n2c(-c3ccccc3)cc(C(=O)OCC)c2C)c1O. The fraction of sp³-hybridized carbons (Fsp3) is 0.308. The van der Waals surface area contributed by atoms with Crippen LogP contribution in [0.3, 0.4) is 0 Å². The monoisotopic (exact) mass is 418 g/mol. The second kappa shape index (κ2) is 10.1. The zero-order valence-electron chi connectivity index (χ0n) is 18.7. The summed E-state index contributed by atoms with van der Waals surface area (Å²) in [5, 5.41) is 15.4. The van der Waals surface area contributed by atoms with Crippen molar-refractivity contribution < 1.29 is 14.6 Å². The van der Waals surface area contributed by atoms with Gasteiger partial charge in [0.25, 0.3) is 0 Å². The van der Waals surface area contributed by atoms with Gasteiger partial charge >= 0.3 is 5.97 Å². The number of phenolic OH excluding ortho intramolecular Hbond substituents is 1. The first-order chi connectivity index (χ1) is 15.0. The lowest BCUT2D eigenvalue weighted by Gasteiger charge is -2.10. The standard InChI is InChI=1S/C26H30N2O3/c1-5-7-11-21-14-18(3)15-22(25(21)29)17-27-28-19(4)23(26(30)31-6-2)16-24(28)20-12-9-8-10-13-20/h8-10,12-17,29H,5-7,11H2,1-4H3/b27-17+. The first-order valence-electron chi connectivity index (χ1n) is 10.8. The Morgan fingerprint density at radius 1 is 1.13 bits per heavy atom. The minimum absolute atomic E-state index is 0.263. The molecule has 0 amide bonds. The van der Waals surface area contributed by atoms with Crippen LogP contribution in [-0.4, -0.2) is 28.6 Å². The predicted octanol–water partition coefficient (Wildman–Crippen LogP) is 5.88. The van der Waals surface area contributed by atoms with Crippen LogP contribution in [0.1, 0.15) is 59.4 Å². The van der Waals surface area contributed by atoms with Gasteiger partial charge in [-0.05, 0) is 56.9 Å². The van der Waals surface area contributed by atoms with Gasteiger partial charge in [-0.3, -0.25) is 0 Å². The van der Waals surface area contributed by atoms with E-state index in [-0.39, 0.29) is 11.7 Å². The molecule has 1 heterocycles. The van der Waals surface area contributed by atoms with Crippen LogP contribution in [0.2, 0.25) is 0 Å². The summed E-state index contributed by atoms with van der Waals surface area (Å²) in [4.78, 5) is 12.5. The number of ether oxygens (including phenoxy) is 1. The summed E-state index contributed by atoms with van der Waals surface area (Å²) < 4.78 is 6.95. The summed E-state index contributed by atoms with van der Waals surface area (Å²) in [6.07, 6.45) is 4.57. The molecule has 5 nitrogen and oxygen atoms in total. The van der Waals surface area contributed by atoms with Crippen molar-refractivity contribution in [2.75, 3.05) is 6.61 Å². The van der Waals surface area contributed by atoms with Crippen molar-refractivity contribution in [2.45, 2.75) is 47.0 Å². The Hall–Kier alpha value is -3.34. The molecule has 0 atom stereocenters. The molecule has 2 aromatic carbocycles. The Kier molecular flexibility index (Phi) is 7.29. The van der Waals surface area contributed by atoms with Crippen molar-refractivity contribution in [3.63, 3.8) is 0 Å². The third-order valence-corrected chi connectivity index (χ3v) is 5.26. The summed E-state index contributed by atoms with van der Waals surface area (Å²) in [5.74, 6) is -0.106. The molecule has 1 aromatic heterocycles. The topological polar surface area (TPSA) is 63.8 Å². The van der Waals surface area contributed by atoms with Crippen LogP contribution in [0.4, 0.5) is 0 Å². The Balaban J connectivity index is 2.07. The zero-order chi connectivity index (χ0) is 22.4. The number of aryl methyl sites for hydroxylation is 2. The number of rotatable bonds is 8. The van der Waals surface area contributed by atoms with Crippen LogP contribution in [-0.2, 0) is 11.2 Å². The van der Waals surface area contributed by atoms with Crippen molar-refractivity contribution in [3.05, 3.63) is 76.5 Å². The number of hydrogen-bond acceptors (Lipinski definition) is 4. The Bertz CT molecular complexity index is 1080. The molecule has 0 bridgehead atoms. The van der Waals surface area contributed by atoms with E-state index in [0.717, 1.165) is 41.6 Å². The molecular weight excluding hydrogens is 388 g/mol. The normalized spacial score (nSPS) is 11.2. The molecule has 0 aliphatic heterocycles. The first kappa shape index (κ1) is 22.3. The average Bonchev–Trinajstić information content (AvgIpc) is 3.10. The van der Waals surface area contributed by atoms with Gasteiger partial charge in [0.15, 0.2) is 0 Å². The second-order valence-corrected chi connectivity index (χ2v) is 7.64. The molecule has 0 unspecified atom stereocenters. The number of hydrogen-bond donors (Lipinski definition) is 1. The van der Waals surface area contributed by atoms with Crippen LogP contribution >= 0.6 is 0 Å². The highest BCUT2D eigenvalue weighted by molar-refractivity contribution is 5.93. The largest absolute Gasteiger partial charge is 0.507 e. The van der Waals surface area contributed by atoms with E-state index in [1.165, 1.54) is 0 Å². The van der Waals surface area contributed by atoms with Gasteiger partial charge in [-0.2, -0.15) is 5.10 Å². The van der Waals surface area contributed by atoms with Gasteiger partial charge in [0.05, 0.1) is 29.8 Å². The molecule has 3 rings (SSSR count). The van der Waals surface area contributed by atoms with Crippen molar-refractivity contribution in [1.82, 2.24) is 4.68 Å². The lowest BCUT2D eigenvalue weighted by Crippen LogP contribution is -2.06. The number of esters is 1. The molecule has 162 valence electrons. The predicted molar refractivity (Wildman–Crippen MR) is 125 cm³/mol. The maximum Gasteiger partial charge on any atom is 0.340 e. The highest BCUT2D eigenvalue weighted by Gasteiger charge is 2.19. The van der Waals surface area contributed by atoms with E-state index >= 15 is 0 Å². The number of carbonyl (C=O) groups is 1. The molecule has 1 N–H and O–H groups in total. The first-order valence-corrected chi connectivity index (χ1v) is 10.8. The van der Waals surface area contributed by atoms with Gasteiger partial charge in [0.1, 0.15) is 5.75 Å². The second-order valence-electron chi connectivity index (χ2n) is 7.64. The molecule has 0 spiro atoms. The van der Waals surface area contributed by atoms with Crippen molar-refractivity contribution in [3.8, 4) is 17.0 Å². The third kappa shape index (κ3) is 5.05. The van der Waals surface area contributed by atoms with Gasteiger partial charge in [0.2, 0.25) is 0 Å². The van der Waals surface area contributed by atoms with Gasteiger partial charge in [-0.15, -0.1) is 0 Å². The maximum absolute atomic E-state index is 12.5. The molecule has 3 aromatic rings. The van der Waals surface area contributed by atoms with Crippen molar-refractivity contribution in [1.29, 1.82) is 0 Å². The molecule has 0 saturated heterocycles. The van der Waals surface area contributed by atoms with Crippen molar-refractivity contribution >= 4 is 12.2 Å². The van der Waals surface area contributed by atoms with Crippen LogP contribution in [0.25, 0.3) is 11.3 Å². The number of aromatic nitrogens is 1. The van der Waals surface area contributed by atoms with E-state index in [4.69, 9.17) is 4.74 Å². The molecular formula is C26H30N2O3. The molecule has 0 radical (unpaired) electrons. The quantitative estimate of drug-likeness (QED) is 0.367. The fourth-order valence-corrected chi connectivity index (χ4v) is 3.64. The van der Waals surface area contributed by atoms with Crippen molar-refractivity contribution in [2.24, 2.45) is 5.10 Å². The Morgan fingerprint density at radius 3 is 2.55 bits per heavy atom. The summed E-state index contributed by atoms with van der Waals surface area (Å²) in [6, 6.07) is 15.5. The number of unbranched alkanes of at least 4 members (excludes halogenated alkanes) is 1. The summed E-state index contributed by atoms with van der Waals surface area (Å²) in [7, 11) is 0. The van der Waals surface area contributed by atoms with Crippen LogP contribution in [0, 0.1) is 13.8 Å². The van der Waals surface area contributed by atoms with Gasteiger partial charge in [0, 0.05) is 11.1 Å². The number of aromatic hydroxyl groups is 1. The zero-order valence-corrected chi connectivity index (χ0v) is 18.7. The highest BCUT2D eigenvalue weighted by Crippen LogP contribution is 2.28. The van der Waals surface area contributed by atoms with Gasteiger partial charge in [-0.1, -0.05) is 49.7 Å². The maximum atomic E-state index is 12.5. The van der Waals surface area contributed by atoms with E-state index in [2.05, 4.69) is 12.0 Å². The molecule has 0 fully saturated rings. The molecule has 31 heavy (non-hydrogen) atoms. The van der Waals surface area contributed by atoms with Crippen LogP contribution < -0.4 is 0 Å². The number of carbonyl (C=O) groups excluding carboxylic acids is 1. The summed E-state index contributed by atoms with van der Waals surface area (Å²) in [6.45, 7) is 8.10. The number of benzene rings is 2. The highest BCUT2D eigenvalue weighted by atomic mass is 16.5. The fourth-order valence-electron chi connectivity index (χ4n) is 3.64. The summed E-state index contributed by atoms with van der Waals surface area (Å²) in [5.41, 5.74) is 5.57. The van der Waals surface area contributed by atoms with E-state index in [0.29, 0.717) is 23.4 Å². The minimum atomic E-state index is -0.369. The smallest absolute Gasteiger partial charge is 0.340 e. The molecule has 0 aliphatic rings. The summed E-state index contributed by atoms with van der Waals surface area (Å²) >= 11 is 0. The lowest BCUT2D eigenvalue weighted by atomic mass is 10.0. The van der Waals surface area contributed by atoms with E-state index in [1.807, 2.05) is 62.4 Å². The Morgan fingerprint density at radius 2 is 1.87 bits per heavy atom. The van der Waals surface area contributed by atoms with Crippen LogP contribution in [0.15, 0.2) is 53.6 Å². The van der Waals surface area contributed by atoms with E-state index in [9.17, 15) is 9.90 Å². The lowest BCUT2D eigenvalue weighted by molar-refractivity contribution is 0.0525. The third-order valence-electron chi connectivity index (χ3n) is 5.26. The minimum Gasteiger partial charge on any atom is -0.507 e.